The van der Waals surface area contributed by atoms with E-state index in [2.05, 4.69) is 139 Å². The van der Waals surface area contributed by atoms with Gasteiger partial charge in [-0.2, -0.15) is 0 Å². The van der Waals surface area contributed by atoms with Crippen molar-refractivity contribution in [3.05, 3.63) is 150 Å². The van der Waals surface area contributed by atoms with Gasteiger partial charge in [-0.3, -0.25) is 13.5 Å². The Hall–Kier alpha value is -5.08. The fourth-order valence-corrected chi connectivity index (χ4v) is 9.89. The second kappa shape index (κ2) is 11.5. The van der Waals surface area contributed by atoms with Gasteiger partial charge in [-0.05, 0) is 95.5 Å². The van der Waals surface area contributed by atoms with Crippen LogP contribution in [0.4, 0.5) is 22.7 Å². The summed E-state index contributed by atoms with van der Waals surface area (Å²) in [6.45, 7) is 20.5. The van der Waals surface area contributed by atoms with E-state index in [-0.39, 0.29) is 15.7 Å². The molecule has 272 valence electrons. The SMILES string of the molecule is Cc1cc2c(cc1C)[N@+]1(c3cc(C(C)(C)C)cc(S(=O)(=O)c4ccc5c6ccccc6n(-c6cc(C(C)(C)C)ccn6)c5c4)c3)[CH-][N@@+]2(c2ccccc2)C1. The molecule has 5 aromatic carbocycles. The lowest BCUT2D eigenvalue weighted by Crippen LogP contribution is -2.67. The van der Waals surface area contributed by atoms with Gasteiger partial charge in [0.2, 0.25) is 9.84 Å². The van der Waals surface area contributed by atoms with Gasteiger partial charge in [0.1, 0.15) is 17.2 Å². The van der Waals surface area contributed by atoms with Gasteiger partial charge in [0.25, 0.3) is 0 Å². The molecule has 0 amide bonds. The monoisotopic (exact) mass is 731 g/mol. The van der Waals surface area contributed by atoms with Crippen LogP contribution in [0.5, 0.6) is 0 Å². The van der Waals surface area contributed by atoms with E-state index >= 15 is 8.42 Å². The van der Waals surface area contributed by atoms with Crippen molar-refractivity contribution in [3.8, 4) is 5.82 Å². The predicted molar refractivity (Wildman–Crippen MR) is 222 cm³/mol. The second-order valence-corrected chi connectivity index (χ2v) is 19.4. The molecule has 3 aliphatic rings. The standard InChI is InChI=1S/C47H47N4O2S/c1-31-22-43-44(23-32(31)2)51(29-50(43,30-51)35-14-10-9-11-15-35)36-24-34(47(6,7)8)25-38(27-36)54(52,53)37-18-19-40-39-16-12-13-17-41(39)49(42(40)28-37)45-26-33(20-21-48-45)46(3,4)5/h9-29H,30H2,1-8H3/q+1/t50-,51+/m0/s1. The van der Waals surface area contributed by atoms with E-state index in [9.17, 15) is 0 Å². The summed E-state index contributed by atoms with van der Waals surface area (Å²) in [7, 11) is -3.96. The topological polar surface area (TPSA) is 52.0 Å². The van der Waals surface area contributed by atoms with Gasteiger partial charge in [0, 0.05) is 41.2 Å². The maximum Gasteiger partial charge on any atom is 0.206 e. The van der Waals surface area contributed by atoms with E-state index in [1.807, 2.05) is 42.6 Å². The van der Waals surface area contributed by atoms with Crippen LogP contribution in [0.15, 0.2) is 131 Å². The van der Waals surface area contributed by atoms with Crippen LogP contribution >= 0.6 is 0 Å². The molecule has 0 radical (unpaired) electrons. The molecule has 54 heavy (non-hydrogen) atoms. The van der Waals surface area contributed by atoms with Crippen LogP contribution in [0.2, 0.25) is 0 Å². The molecule has 0 saturated carbocycles. The number of sulfone groups is 1. The summed E-state index contributed by atoms with van der Waals surface area (Å²) in [4.78, 5) is 5.39. The Bertz CT molecular complexity index is 2780. The van der Waals surface area contributed by atoms with Crippen LogP contribution < -0.4 is 8.97 Å². The Morgan fingerprint density at radius 3 is 1.89 bits per heavy atom. The molecule has 2 atom stereocenters. The lowest BCUT2D eigenvalue weighted by atomic mass is 9.86. The summed E-state index contributed by atoms with van der Waals surface area (Å²) in [6, 6.07) is 39.3. The average Bonchev–Trinajstić information content (AvgIpc) is 3.71. The smallest absolute Gasteiger partial charge is 0.206 e. The van der Waals surface area contributed by atoms with Crippen molar-refractivity contribution >= 4 is 54.4 Å². The van der Waals surface area contributed by atoms with Crippen LogP contribution in [-0.2, 0) is 20.7 Å². The zero-order chi connectivity index (χ0) is 38.0. The highest BCUT2D eigenvalue weighted by atomic mass is 32.2. The Balaban J connectivity index is 1.23. The van der Waals surface area contributed by atoms with Crippen molar-refractivity contribution < 1.29 is 8.42 Å². The number of para-hydroxylation sites is 2. The molecule has 7 heteroatoms. The van der Waals surface area contributed by atoms with Crippen LogP contribution in [0, 0.1) is 20.5 Å². The van der Waals surface area contributed by atoms with Gasteiger partial charge in [-0.25, -0.2) is 13.4 Å². The molecule has 1 saturated heterocycles. The van der Waals surface area contributed by atoms with Gasteiger partial charge < -0.3 is 0 Å². The van der Waals surface area contributed by atoms with Crippen molar-refractivity contribution in [2.24, 2.45) is 0 Å². The number of nitrogens with zero attached hydrogens (tertiary/aromatic N) is 4. The van der Waals surface area contributed by atoms with Crippen molar-refractivity contribution in [2.45, 2.75) is 76.0 Å². The summed E-state index contributed by atoms with van der Waals surface area (Å²) in [5, 5.41) is 2.04. The first-order valence-corrected chi connectivity index (χ1v) is 20.2. The maximum absolute atomic E-state index is 15.1. The van der Waals surface area contributed by atoms with Crippen LogP contribution in [0.1, 0.15) is 63.8 Å². The Labute approximate surface area is 319 Å². The zero-order valence-corrected chi connectivity index (χ0v) is 33.2. The van der Waals surface area contributed by atoms with Gasteiger partial charge in [0.15, 0.2) is 18.0 Å². The van der Waals surface area contributed by atoms with Crippen molar-refractivity contribution in [2.75, 3.05) is 6.67 Å². The summed E-state index contributed by atoms with van der Waals surface area (Å²) in [5.41, 5.74) is 10.7. The fourth-order valence-electron chi connectivity index (χ4n) is 8.55. The summed E-state index contributed by atoms with van der Waals surface area (Å²) in [6.07, 6.45) is 1.85. The molecule has 10 rings (SSSR count). The van der Waals surface area contributed by atoms with Crippen LogP contribution in [0.3, 0.4) is 0 Å². The average molecular weight is 732 g/mol. The summed E-state index contributed by atoms with van der Waals surface area (Å²) in [5.74, 6) is 0.766. The lowest BCUT2D eigenvalue weighted by Gasteiger charge is -2.56. The summed E-state index contributed by atoms with van der Waals surface area (Å²) < 4.78 is 33.4. The molecule has 6 nitrogen and oxygen atoms in total. The van der Waals surface area contributed by atoms with Crippen LogP contribution in [0.25, 0.3) is 27.6 Å². The number of fused-ring (bicyclic) bond motifs is 3. The number of benzene rings is 5. The number of hydrogen-bond acceptors (Lipinski definition) is 3. The number of aromatic nitrogens is 2. The quantitative estimate of drug-likeness (QED) is 0.131. The van der Waals surface area contributed by atoms with E-state index in [0.29, 0.717) is 13.9 Å². The molecule has 0 aliphatic carbocycles. The first-order valence-electron chi connectivity index (χ1n) is 18.7. The predicted octanol–water partition coefficient (Wildman–Crippen LogP) is 11.6. The Kier molecular flexibility index (Phi) is 7.36. The number of rotatable bonds is 5. The third-order valence-electron chi connectivity index (χ3n) is 11.8. The van der Waals surface area contributed by atoms with Crippen molar-refractivity contribution in [1.82, 2.24) is 18.5 Å². The molecule has 0 unspecified atom stereocenters. The highest BCUT2D eigenvalue weighted by molar-refractivity contribution is 7.91. The van der Waals surface area contributed by atoms with Gasteiger partial charge in [-0.15, -0.1) is 0 Å². The second-order valence-electron chi connectivity index (χ2n) is 17.4. The molecule has 7 aromatic rings. The maximum atomic E-state index is 15.1. The molecule has 0 N–H and O–H groups in total. The Morgan fingerprint density at radius 2 is 1.22 bits per heavy atom. The number of hydrogen-bond donors (Lipinski definition) is 0. The third-order valence-corrected chi connectivity index (χ3v) is 13.6. The van der Waals surface area contributed by atoms with E-state index in [1.165, 1.54) is 28.2 Å². The van der Waals surface area contributed by atoms with E-state index in [1.54, 1.807) is 6.07 Å². The first-order chi connectivity index (χ1) is 25.5. The van der Waals surface area contributed by atoms with Gasteiger partial charge in [0.05, 0.1) is 27.5 Å². The Morgan fingerprint density at radius 1 is 0.611 bits per heavy atom. The van der Waals surface area contributed by atoms with Crippen LogP contribution in [-0.4, -0.2) is 24.6 Å². The minimum absolute atomic E-state index is 0.0758. The molecule has 5 heterocycles. The molecule has 3 aliphatic heterocycles. The van der Waals surface area contributed by atoms with E-state index in [4.69, 9.17) is 4.98 Å². The van der Waals surface area contributed by atoms with Crippen molar-refractivity contribution in [1.29, 1.82) is 0 Å². The molecular formula is C47H47N4O2S+. The molecule has 2 bridgehead atoms. The minimum Gasteiger partial charge on any atom is -0.294 e. The molecule has 1 fully saturated rings. The highest BCUT2D eigenvalue weighted by Crippen LogP contribution is 2.65. The molecule has 0 spiro atoms. The minimum atomic E-state index is -3.96. The van der Waals surface area contributed by atoms with Gasteiger partial charge in [-0.1, -0.05) is 84.0 Å². The fraction of sp³-hybridized carbons (Fsp3) is 0.234. The third kappa shape index (κ3) is 4.98. The first kappa shape index (κ1) is 34.7. The van der Waals surface area contributed by atoms with Crippen molar-refractivity contribution in [3.63, 3.8) is 0 Å². The highest BCUT2D eigenvalue weighted by Gasteiger charge is 2.63. The normalized spacial score (nSPS) is 19.6. The largest absolute Gasteiger partial charge is 0.294 e. The summed E-state index contributed by atoms with van der Waals surface area (Å²) >= 11 is 0. The molecular weight excluding hydrogens is 685 g/mol. The number of quaternary nitrogens is 2. The van der Waals surface area contributed by atoms with Gasteiger partial charge >= 0.3 is 0 Å². The van der Waals surface area contributed by atoms with E-state index < -0.39 is 9.84 Å². The lowest BCUT2D eigenvalue weighted by molar-refractivity contribution is 0.186. The number of aryl methyl sites for hydroxylation is 2. The number of pyridine rings is 1. The molecule has 2 aromatic heterocycles. The zero-order valence-electron chi connectivity index (χ0n) is 32.3. The van der Waals surface area contributed by atoms with E-state index in [0.717, 1.165) is 51.1 Å².